The van der Waals surface area contributed by atoms with Gasteiger partial charge in [-0.1, -0.05) is 13.0 Å². The van der Waals surface area contributed by atoms with Crippen LogP contribution in [0.2, 0.25) is 0 Å². The van der Waals surface area contributed by atoms with E-state index in [2.05, 4.69) is 24.9 Å². The molecule has 0 heterocycles. The van der Waals surface area contributed by atoms with E-state index < -0.39 is 0 Å². The maximum atomic E-state index is 11.7. The molecule has 0 bridgehead atoms. The number of amides is 1. The van der Waals surface area contributed by atoms with Crippen molar-refractivity contribution in [2.75, 3.05) is 6.54 Å². The lowest BCUT2D eigenvalue weighted by Crippen LogP contribution is -2.28. The van der Waals surface area contributed by atoms with E-state index in [1.807, 2.05) is 18.2 Å². The van der Waals surface area contributed by atoms with Gasteiger partial charge in [0.25, 0.3) is 5.91 Å². The zero-order valence-electron chi connectivity index (χ0n) is 8.79. The van der Waals surface area contributed by atoms with E-state index in [9.17, 15) is 4.79 Å². The summed E-state index contributed by atoms with van der Waals surface area (Å²) in [6, 6.07) is 7.30. The zero-order valence-corrected chi connectivity index (χ0v) is 9.68. The average Bonchev–Trinajstić information content (AvgIpc) is 2.94. The second-order valence-corrected chi connectivity index (χ2v) is 5.06. The normalized spacial score (nSPS) is 17.2. The highest BCUT2D eigenvalue weighted by Gasteiger charge is 2.37. The van der Waals surface area contributed by atoms with Gasteiger partial charge in [0.15, 0.2) is 0 Å². The highest BCUT2D eigenvalue weighted by atomic mass is 32.1. The molecule has 1 aromatic carbocycles. The molecule has 0 aromatic heterocycles. The molecular weight excluding hydrogens is 206 g/mol. The Morgan fingerprint density at radius 3 is 2.87 bits per heavy atom. The number of thiol groups is 1. The van der Waals surface area contributed by atoms with Crippen molar-refractivity contribution in [3.63, 3.8) is 0 Å². The number of rotatable bonds is 3. The first-order valence-corrected chi connectivity index (χ1v) is 5.61. The molecule has 1 saturated carbocycles. The summed E-state index contributed by atoms with van der Waals surface area (Å²) in [7, 11) is 0. The van der Waals surface area contributed by atoms with Gasteiger partial charge in [-0.15, -0.1) is 12.6 Å². The molecule has 1 aliphatic rings. The highest BCUT2D eigenvalue weighted by molar-refractivity contribution is 7.80. The Labute approximate surface area is 95.5 Å². The van der Waals surface area contributed by atoms with Crippen molar-refractivity contribution < 1.29 is 4.79 Å². The zero-order chi connectivity index (χ0) is 10.9. The van der Waals surface area contributed by atoms with Crippen molar-refractivity contribution >= 4 is 18.5 Å². The van der Waals surface area contributed by atoms with Crippen LogP contribution in [0.25, 0.3) is 0 Å². The first-order valence-electron chi connectivity index (χ1n) is 5.16. The third-order valence-electron chi connectivity index (χ3n) is 2.89. The van der Waals surface area contributed by atoms with Crippen molar-refractivity contribution in [2.24, 2.45) is 5.41 Å². The Balaban J connectivity index is 1.95. The Morgan fingerprint density at radius 2 is 2.27 bits per heavy atom. The summed E-state index contributed by atoms with van der Waals surface area (Å²) in [5.74, 6) is -0.000903. The molecule has 2 nitrogen and oxygen atoms in total. The van der Waals surface area contributed by atoms with Crippen LogP contribution in [0.15, 0.2) is 29.2 Å². The molecule has 1 aromatic rings. The van der Waals surface area contributed by atoms with Crippen molar-refractivity contribution in [1.29, 1.82) is 0 Å². The van der Waals surface area contributed by atoms with E-state index in [1.54, 1.807) is 6.07 Å². The standard InChI is InChI=1S/C12H15NOS/c1-12(5-6-12)8-13-11(14)9-3-2-4-10(15)7-9/h2-4,7,15H,5-6,8H2,1H3,(H,13,14). The topological polar surface area (TPSA) is 29.1 Å². The molecule has 15 heavy (non-hydrogen) atoms. The fraction of sp³-hybridized carbons (Fsp3) is 0.417. The molecule has 0 saturated heterocycles. The average molecular weight is 221 g/mol. The largest absolute Gasteiger partial charge is 0.351 e. The lowest BCUT2D eigenvalue weighted by Gasteiger charge is -2.10. The van der Waals surface area contributed by atoms with Crippen molar-refractivity contribution in [3.8, 4) is 0 Å². The van der Waals surface area contributed by atoms with E-state index in [1.165, 1.54) is 12.8 Å². The van der Waals surface area contributed by atoms with E-state index in [0.29, 0.717) is 11.0 Å². The van der Waals surface area contributed by atoms with Gasteiger partial charge < -0.3 is 5.32 Å². The van der Waals surface area contributed by atoms with Crippen LogP contribution >= 0.6 is 12.6 Å². The van der Waals surface area contributed by atoms with Crippen molar-refractivity contribution in [3.05, 3.63) is 29.8 Å². The fourth-order valence-corrected chi connectivity index (χ4v) is 1.66. The van der Waals surface area contributed by atoms with Gasteiger partial charge in [0, 0.05) is 17.0 Å². The lowest BCUT2D eigenvalue weighted by atomic mass is 10.1. The van der Waals surface area contributed by atoms with E-state index >= 15 is 0 Å². The van der Waals surface area contributed by atoms with Gasteiger partial charge in [0.05, 0.1) is 0 Å². The summed E-state index contributed by atoms with van der Waals surface area (Å²) in [6.07, 6.45) is 2.44. The predicted octanol–water partition coefficient (Wildman–Crippen LogP) is 2.51. The maximum Gasteiger partial charge on any atom is 0.251 e. The van der Waals surface area contributed by atoms with E-state index in [-0.39, 0.29) is 5.91 Å². The quantitative estimate of drug-likeness (QED) is 0.754. The van der Waals surface area contributed by atoms with Gasteiger partial charge in [0.1, 0.15) is 0 Å². The van der Waals surface area contributed by atoms with E-state index in [0.717, 1.165) is 11.4 Å². The molecule has 80 valence electrons. The van der Waals surface area contributed by atoms with Crippen LogP contribution in [0.5, 0.6) is 0 Å². The number of benzene rings is 1. The van der Waals surface area contributed by atoms with Gasteiger partial charge in [-0.05, 0) is 36.5 Å². The van der Waals surface area contributed by atoms with Crippen molar-refractivity contribution in [2.45, 2.75) is 24.7 Å². The van der Waals surface area contributed by atoms with Crippen LogP contribution in [0.1, 0.15) is 30.1 Å². The van der Waals surface area contributed by atoms with Gasteiger partial charge in [0.2, 0.25) is 0 Å². The minimum Gasteiger partial charge on any atom is -0.351 e. The van der Waals surface area contributed by atoms with Crippen LogP contribution in [0.4, 0.5) is 0 Å². The third kappa shape index (κ3) is 2.75. The number of carbonyl (C=O) groups is 1. The first-order chi connectivity index (χ1) is 7.09. The molecule has 0 atom stereocenters. The van der Waals surface area contributed by atoms with Gasteiger partial charge in [-0.25, -0.2) is 0 Å². The molecule has 0 unspecified atom stereocenters. The molecular formula is C12H15NOS. The SMILES string of the molecule is CC1(CNC(=O)c2cccc(S)c2)CC1. The van der Waals surface area contributed by atoms with Crippen LogP contribution in [0, 0.1) is 5.41 Å². The summed E-state index contributed by atoms with van der Waals surface area (Å²) in [6.45, 7) is 2.98. The lowest BCUT2D eigenvalue weighted by molar-refractivity contribution is 0.0946. The van der Waals surface area contributed by atoms with Crippen LogP contribution < -0.4 is 5.32 Å². The Hall–Kier alpha value is -0.960. The highest BCUT2D eigenvalue weighted by Crippen LogP contribution is 2.44. The van der Waals surface area contributed by atoms with Crippen LogP contribution in [0.3, 0.4) is 0 Å². The molecule has 0 aliphatic heterocycles. The maximum absolute atomic E-state index is 11.7. The van der Waals surface area contributed by atoms with Gasteiger partial charge >= 0.3 is 0 Å². The second-order valence-electron chi connectivity index (χ2n) is 4.54. The molecule has 1 N–H and O–H groups in total. The molecule has 0 radical (unpaired) electrons. The summed E-state index contributed by atoms with van der Waals surface area (Å²) in [5, 5.41) is 2.96. The number of nitrogens with one attached hydrogen (secondary N) is 1. The molecule has 3 heteroatoms. The molecule has 0 spiro atoms. The monoisotopic (exact) mass is 221 g/mol. The van der Waals surface area contributed by atoms with Crippen LogP contribution in [-0.4, -0.2) is 12.5 Å². The van der Waals surface area contributed by atoms with E-state index in [4.69, 9.17) is 0 Å². The van der Waals surface area contributed by atoms with Gasteiger partial charge in [-0.3, -0.25) is 4.79 Å². The third-order valence-corrected chi connectivity index (χ3v) is 3.17. The summed E-state index contributed by atoms with van der Waals surface area (Å²) < 4.78 is 0. The molecule has 1 fully saturated rings. The number of carbonyl (C=O) groups excluding carboxylic acids is 1. The summed E-state index contributed by atoms with van der Waals surface area (Å²) in [5.41, 5.74) is 1.04. The first kappa shape index (κ1) is 10.6. The minimum atomic E-state index is -0.000903. The fourth-order valence-electron chi connectivity index (χ4n) is 1.43. The molecule has 1 aliphatic carbocycles. The summed E-state index contributed by atoms with van der Waals surface area (Å²) in [4.78, 5) is 12.5. The van der Waals surface area contributed by atoms with Gasteiger partial charge in [-0.2, -0.15) is 0 Å². The Bertz CT molecular complexity index is 385. The summed E-state index contributed by atoms with van der Waals surface area (Å²) >= 11 is 4.21. The Morgan fingerprint density at radius 1 is 1.53 bits per heavy atom. The smallest absolute Gasteiger partial charge is 0.251 e. The van der Waals surface area contributed by atoms with Crippen LogP contribution in [-0.2, 0) is 0 Å². The second kappa shape index (κ2) is 3.89. The number of hydrogen-bond acceptors (Lipinski definition) is 2. The molecule has 1 amide bonds. The van der Waals surface area contributed by atoms with Crippen molar-refractivity contribution in [1.82, 2.24) is 5.32 Å². The number of hydrogen-bond donors (Lipinski definition) is 2. The predicted molar refractivity (Wildman–Crippen MR) is 63.4 cm³/mol. The molecule has 2 rings (SSSR count). The minimum absolute atomic E-state index is 0.000903. The Kier molecular flexibility index (Phi) is 2.74.